The molecule has 0 spiro atoms. The summed E-state index contributed by atoms with van der Waals surface area (Å²) in [5.74, 6) is -2.01. The summed E-state index contributed by atoms with van der Waals surface area (Å²) in [6.45, 7) is 3.43. The van der Waals surface area contributed by atoms with Crippen molar-refractivity contribution in [3.05, 3.63) is 84.1 Å². The molecule has 0 fully saturated rings. The van der Waals surface area contributed by atoms with Crippen LogP contribution in [0.4, 0.5) is 0 Å². The quantitative estimate of drug-likeness (QED) is 0.518. The summed E-state index contributed by atoms with van der Waals surface area (Å²) >= 11 is 0. The number of Topliss-reactive ketones (excluding diaryl/α,β-unsaturated/α-hetero) is 2. The third kappa shape index (κ3) is 3.16. The first kappa shape index (κ1) is 14.5. The lowest BCUT2D eigenvalue weighted by atomic mass is 9.89. The monoisotopic (exact) mass is 278 g/mol. The summed E-state index contributed by atoms with van der Waals surface area (Å²) in [5.41, 5.74) is 3.03. The Morgan fingerprint density at radius 1 is 1.00 bits per heavy atom. The maximum Gasteiger partial charge on any atom is 0.181 e. The molecule has 0 saturated heterocycles. The van der Waals surface area contributed by atoms with Gasteiger partial charge in [0.15, 0.2) is 11.6 Å². The van der Waals surface area contributed by atoms with Crippen molar-refractivity contribution in [2.75, 3.05) is 0 Å². The normalized spacial score (nSPS) is 11.2. The molecule has 1 unspecified atom stereocenters. The second-order valence-electron chi connectivity index (χ2n) is 4.46. The van der Waals surface area contributed by atoms with Gasteiger partial charge in [0.25, 0.3) is 0 Å². The van der Waals surface area contributed by atoms with Crippen LogP contribution in [0.2, 0.25) is 0 Å². The highest BCUT2D eigenvalue weighted by molar-refractivity contribution is 6.18. The summed E-state index contributed by atoms with van der Waals surface area (Å²) < 4.78 is 0. The van der Waals surface area contributed by atoms with Gasteiger partial charge in [-0.25, -0.2) is 0 Å². The summed E-state index contributed by atoms with van der Waals surface area (Å²) in [4.78, 5) is 24.9. The smallest absolute Gasteiger partial charge is 0.181 e. The second kappa shape index (κ2) is 6.51. The molecule has 1 atom stereocenters. The van der Waals surface area contributed by atoms with Gasteiger partial charge in [0, 0.05) is 5.56 Å². The molecule has 0 bridgehead atoms. The number of carbonyl (C=O) groups excluding carboxylic acids is 2. The first-order valence-corrected chi connectivity index (χ1v) is 6.42. The summed E-state index contributed by atoms with van der Waals surface area (Å²) in [6, 6.07) is 14.7. The van der Waals surface area contributed by atoms with Crippen molar-refractivity contribution < 1.29 is 14.7 Å². The first-order valence-electron chi connectivity index (χ1n) is 6.42. The van der Waals surface area contributed by atoms with Gasteiger partial charge in [-0.1, -0.05) is 49.0 Å². The van der Waals surface area contributed by atoms with Gasteiger partial charge in [0.05, 0.1) is 5.56 Å². The molecule has 2 aromatic rings. The molecule has 2 aromatic carbocycles. The second-order valence-corrected chi connectivity index (χ2v) is 4.46. The van der Waals surface area contributed by atoms with Crippen molar-refractivity contribution in [1.82, 2.24) is 0 Å². The molecule has 3 heteroatoms. The minimum Gasteiger partial charge on any atom is -0.507 e. The van der Waals surface area contributed by atoms with Crippen LogP contribution in [0.3, 0.4) is 0 Å². The van der Waals surface area contributed by atoms with Gasteiger partial charge >= 0.3 is 0 Å². The molecule has 0 heterocycles. The third-order valence-corrected chi connectivity index (χ3v) is 3.08. The van der Waals surface area contributed by atoms with Gasteiger partial charge in [-0.05, 0) is 18.2 Å². The number of aromatic hydroxyl groups is 1. The highest BCUT2D eigenvalue weighted by Gasteiger charge is 2.27. The predicted molar refractivity (Wildman–Crippen MR) is 80.4 cm³/mol. The Morgan fingerprint density at radius 2 is 1.62 bits per heavy atom. The fourth-order valence-corrected chi connectivity index (χ4v) is 2.02. The highest BCUT2D eigenvalue weighted by Crippen LogP contribution is 2.22. The van der Waals surface area contributed by atoms with Crippen LogP contribution in [0.25, 0.3) is 0 Å². The molecule has 104 valence electrons. The van der Waals surface area contributed by atoms with E-state index in [1.54, 1.807) is 42.5 Å². The molecular formula is C18H14O3. The van der Waals surface area contributed by atoms with Crippen molar-refractivity contribution >= 4 is 11.6 Å². The van der Waals surface area contributed by atoms with Crippen LogP contribution in [0.1, 0.15) is 20.7 Å². The Hall–Kier alpha value is -2.90. The fraction of sp³-hybridized carbons (Fsp3) is 0.0556. The molecule has 1 N–H and O–H groups in total. The SMILES string of the molecule is C=C=CC(C(=O)c1ccccc1)C(=O)c1ccccc1O. The van der Waals surface area contributed by atoms with Crippen molar-refractivity contribution in [2.24, 2.45) is 5.92 Å². The van der Waals surface area contributed by atoms with Crippen LogP contribution in [0.5, 0.6) is 5.75 Å². The van der Waals surface area contributed by atoms with E-state index in [4.69, 9.17) is 0 Å². The van der Waals surface area contributed by atoms with E-state index in [0.29, 0.717) is 5.56 Å². The molecule has 3 nitrogen and oxygen atoms in total. The van der Waals surface area contributed by atoms with E-state index in [-0.39, 0.29) is 17.1 Å². The maximum absolute atomic E-state index is 12.5. The molecule has 0 radical (unpaired) electrons. The molecule has 0 aliphatic rings. The number of phenols is 1. The Morgan fingerprint density at radius 3 is 2.24 bits per heavy atom. The van der Waals surface area contributed by atoms with Gasteiger partial charge in [-0.15, -0.1) is 5.73 Å². The summed E-state index contributed by atoms with van der Waals surface area (Å²) in [6.07, 6.45) is 1.32. The van der Waals surface area contributed by atoms with E-state index in [0.717, 1.165) is 0 Å². The van der Waals surface area contributed by atoms with Crippen molar-refractivity contribution in [2.45, 2.75) is 0 Å². The van der Waals surface area contributed by atoms with Crippen LogP contribution in [-0.2, 0) is 0 Å². The van der Waals surface area contributed by atoms with E-state index in [1.165, 1.54) is 18.2 Å². The van der Waals surface area contributed by atoms with Gasteiger partial charge in [0.1, 0.15) is 11.7 Å². The van der Waals surface area contributed by atoms with Gasteiger partial charge < -0.3 is 5.11 Å². The van der Waals surface area contributed by atoms with Crippen molar-refractivity contribution in [3.63, 3.8) is 0 Å². The van der Waals surface area contributed by atoms with Crippen LogP contribution < -0.4 is 0 Å². The van der Waals surface area contributed by atoms with Gasteiger partial charge in [-0.3, -0.25) is 9.59 Å². The number of allylic oxidation sites excluding steroid dienone is 1. The average molecular weight is 278 g/mol. The lowest BCUT2D eigenvalue weighted by Gasteiger charge is -2.11. The number of phenolic OH excluding ortho intramolecular Hbond substituents is 1. The highest BCUT2D eigenvalue weighted by atomic mass is 16.3. The van der Waals surface area contributed by atoms with E-state index in [1.807, 2.05) is 0 Å². The minimum atomic E-state index is -1.04. The average Bonchev–Trinajstić information content (AvgIpc) is 2.52. The zero-order valence-electron chi connectivity index (χ0n) is 11.3. The number of hydrogen-bond donors (Lipinski definition) is 1. The Bertz CT molecular complexity index is 710. The van der Waals surface area contributed by atoms with E-state index >= 15 is 0 Å². The molecule has 0 aliphatic carbocycles. The molecular weight excluding hydrogens is 264 g/mol. The van der Waals surface area contributed by atoms with Crippen LogP contribution in [0.15, 0.2) is 73.0 Å². The molecule has 0 aromatic heterocycles. The topological polar surface area (TPSA) is 54.4 Å². The van der Waals surface area contributed by atoms with Crippen LogP contribution in [0, 0.1) is 5.92 Å². The first-order chi connectivity index (χ1) is 10.1. The molecule has 21 heavy (non-hydrogen) atoms. The third-order valence-electron chi connectivity index (χ3n) is 3.08. The van der Waals surface area contributed by atoms with Crippen molar-refractivity contribution in [3.8, 4) is 5.75 Å². The minimum absolute atomic E-state index is 0.110. The number of ketones is 2. The predicted octanol–water partition coefficient (Wildman–Crippen LogP) is 3.42. The molecule has 2 rings (SSSR count). The number of hydrogen-bond acceptors (Lipinski definition) is 3. The van der Waals surface area contributed by atoms with Gasteiger partial charge in [-0.2, -0.15) is 0 Å². The number of rotatable bonds is 5. The number of carbonyl (C=O) groups is 2. The molecule has 0 saturated carbocycles. The zero-order chi connectivity index (χ0) is 15.2. The number of benzene rings is 2. The lowest BCUT2D eigenvalue weighted by molar-refractivity contribution is 0.0840. The van der Waals surface area contributed by atoms with E-state index in [9.17, 15) is 14.7 Å². The van der Waals surface area contributed by atoms with Gasteiger partial charge in [0.2, 0.25) is 0 Å². The molecule has 0 aliphatic heterocycles. The van der Waals surface area contributed by atoms with E-state index in [2.05, 4.69) is 12.3 Å². The standard InChI is InChI=1S/C18H14O3/c1-2-8-15(17(20)13-9-4-3-5-10-13)18(21)14-11-6-7-12-16(14)19/h3-12,15,19H,1H2. The lowest BCUT2D eigenvalue weighted by Crippen LogP contribution is -2.22. The molecule has 0 amide bonds. The fourth-order valence-electron chi connectivity index (χ4n) is 2.02. The summed E-state index contributed by atoms with van der Waals surface area (Å²) in [5, 5.41) is 9.77. The maximum atomic E-state index is 12.5. The Labute approximate surface area is 122 Å². The van der Waals surface area contributed by atoms with Crippen LogP contribution >= 0.6 is 0 Å². The largest absolute Gasteiger partial charge is 0.507 e. The van der Waals surface area contributed by atoms with E-state index < -0.39 is 11.7 Å². The zero-order valence-corrected chi connectivity index (χ0v) is 11.3. The summed E-state index contributed by atoms with van der Waals surface area (Å²) in [7, 11) is 0. The van der Waals surface area contributed by atoms with Crippen LogP contribution in [-0.4, -0.2) is 16.7 Å². The van der Waals surface area contributed by atoms with Crippen molar-refractivity contribution in [1.29, 1.82) is 0 Å². The Kier molecular flexibility index (Phi) is 4.50. The Balaban J connectivity index is 2.40. The number of para-hydroxylation sites is 1.